The highest BCUT2D eigenvalue weighted by molar-refractivity contribution is 7.89. The number of aliphatic hydroxyl groups excluding tert-OH is 1. The molecule has 0 atom stereocenters. The molecule has 0 bridgehead atoms. The van der Waals surface area contributed by atoms with Gasteiger partial charge >= 0.3 is 0 Å². The molecule has 2 aliphatic rings. The number of aromatic nitrogens is 4. The van der Waals surface area contributed by atoms with Gasteiger partial charge in [0.1, 0.15) is 5.69 Å². The lowest BCUT2D eigenvalue weighted by atomic mass is 9.93. The van der Waals surface area contributed by atoms with Gasteiger partial charge in [0.2, 0.25) is 21.9 Å². The lowest BCUT2D eigenvalue weighted by Crippen LogP contribution is -2.37. The first kappa shape index (κ1) is 26.5. The highest BCUT2D eigenvalue weighted by atomic mass is 32.2. The fourth-order valence-corrected chi connectivity index (χ4v) is 5.68. The maximum Gasteiger partial charge on any atom is 0.241 e. The molecule has 38 heavy (non-hydrogen) atoms. The molecule has 0 unspecified atom stereocenters. The van der Waals surface area contributed by atoms with Crippen molar-refractivity contribution in [2.24, 2.45) is 0 Å². The van der Waals surface area contributed by atoms with Crippen LogP contribution in [0.15, 0.2) is 35.4 Å². The van der Waals surface area contributed by atoms with E-state index in [2.05, 4.69) is 27.3 Å². The quantitative estimate of drug-likeness (QED) is 0.271. The van der Waals surface area contributed by atoms with Crippen LogP contribution in [0.2, 0.25) is 0 Å². The van der Waals surface area contributed by atoms with Crippen molar-refractivity contribution in [1.82, 2.24) is 29.8 Å². The first-order valence-corrected chi connectivity index (χ1v) is 14.9. The SMILES string of the molecule is CCCCNc1ncc2c(-c3ccc(S(=O)(=O)NCC(=O)NC4CC4)cc3)nn([C@H]3CC[C@H](O)CC3)c2n1. The molecule has 2 saturated carbocycles. The van der Waals surface area contributed by atoms with Crippen LogP contribution >= 0.6 is 0 Å². The second-order valence-electron chi connectivity index (χ2n) is 10.2. The number of carbonyl (C=O) groups excluding carboxylic acids is 1. The molecule has 5 rings (SSSR count). The van der Waals surface area contributed by atoms with E-state index in [0.29, 0.717) is 24.5 Å². The van der Waals surface area contributed by atoms with E-state index in [1.54, 1.807) is 18.3 Å². The van der Waals surface area contributed by atoms with E-state index < -0.39 is 10.0 Å². The third kappa shape index (κ3) is 6.13. The summed E-state index contributed by atoms with van der Waals surface area (Å²) < 4.78 is 29.8. The van der Waals surface area contributed by atoms with Crippen LogP contribution in [0, 0.1) is 0 Å². The van der Waals surface area contributed by atoms with Gasteiger partial charge in [0.25, 0.3) is 0 Å². The molecule has 0 spiro atoms. The molecular formula is C26H35N7O4S. The van der Waals surface area contributed by atoms with Crippen LogP contribution in [0.4, 0.5) is 5.95 Å². The molecular weight excluding hydrogens is 506 g/mol. The van der Waals surface area contributed by atoms with Crippen molar-refractivity contribution >= 4 is 32.9 Å². The second kappa shape index (κ2) is 11.3. The number of nitrogens with one attached hydrogen (secondary N) is 3. The van der Waals surface area contributed by atoms with Crippen LogP contribution in [0.1, 0.15) is 64.3 Å². The molecule has 2 aliphatic carbocycles. The predicted octanol–water partition coefficient (Wildman–Crippen LogP) is 2.74. The van der Waals surface area contributed by atoms with Crippen LogP contribution in [-0.2, 0) is 14.8 Å². The van der Waals surface area contributed by atoms with Gasteiger partial charge in [0.15, 0.2) is 5.65 Å². The Morgan fingerprint density at radius 2 is 1.84 bits per heavy atom. The summed E-state index contributed by atoms with van der Waals surface area (Å²) in [4.78, 5) is 21.3. The summed E-state index contributed by atoms with van der Waals surface area (Å²) in [5.74, 6) is 0.219. The summed E-state index contributed by atoms with van der Waals surface area (Å²) in [6.07, 6.45) is 8.48. The summed E-state index contributed by atoms with van der Waals surface area (Å²) in [5.41, 5.74) is 2.13. The standard InChI is InChI=1S/C26H35N7O4S/c1-2-3-14-27-26-28-15-22-24(32-33(25(22)31-26)19-8-10-20(34)11-9-19)17-4-12-21(13-5-17)38(36,37)29-16-23(35)30-18-6-7-18/h4-5,12-13,15,18-20,29,34H,2-3,6-11,14,16H2,1H3,(H,30,35)(H,27,28,31)/t19-,20-. The normalized spacial score (nSPS) is 19.9. The second-order valence-corrected chi connectivity index (χ2v) is 11.9. The molecule has 0 aliphatic heterocycles. The molecule has 3 aromatic rings. The Balaban J connectivity index is 1.40. The predicted molar refractivity (Wildman–Crippen MR) is 144 cm³/mol. The lowest BCUT2D eigenvalue weighted by molar-refractivity contribution is -0.120. The van der Waals surface area contributed by atoms with Crippen molar-refractivity contribution in [3.63, 3.8) is 0 Å². The number of nitrogens with zero attached hydrogens (tertiary/aromatic N) is 4. The number of aliphatic hydroxyl groups is 1. The Morgan fingerprint density at radius 1 is 1.11 bits per heavy atom. The molecule has 1 amide bonds. The number of hydrogen-bond acceptors (Lipinski definition) is 8. The number of benzene rings is 1. The van der Waals surface area contributed by atoms with E-state index in [-0.39, 0.29) is 35.5 Å². The minimum absolute atomic E-state index is 0.0733. The average molecular weight is 542 g/mol. The highest BCUT2D eigenvalue weighted by Crippen LogP contribution is 2.34. The molecule has 1 aromatic carbocycles. The Hall–Kier alpha value is -3.09. The molecule has 12 heteroatoms. The Morgan fingerprint density at radius 3 is 2.53 bits per heavy atom. The summed E-state index contributed by atoms with van der Waals surface area (Å²) in [6, 6.07) is 6.73. The molecule has 0 radical (unpaired) electrons. The van der Waals surface area contributed by atoms with Gasteiger partial charge < -0.3 is 15.7 Å². The molecule has 2 fully saturated rings. The fourth-order valence-electron chi connectivity index (χ4n) is 4.70. The van der Waals surface area contributed by atoms with Gasteiger partial charge in [-0.2, -0.15) is 10.1 Å². The third-order valence-corrected chi connectivity index (χ3v) is 8.49. The topological polar surface area (TPSA) is 151 Å². The van der Waals surface area contributed by atoms with Crippen LogP contribution in [0.5, 0.6) is 0 Å². The average Bonchev–Trinajstić information content (AvgIpc) is 3.65. The maximum atomic E-state index is 12.7. The molecule has 204 valence electrons. The zero-order valence-corrected chi connectivity index (χ0v) is 22.4. The van der Waals surface area contributed by atoms with Crippen molar-refractivity contribution in [1.29, 1.82) is 0 Å². The maximum absolute atomic E-state index is 12.7. The molecule has 11 nitrogen and oxygen atoms in total. The van der Waals surface area contributed by atoms with E-state index in [0.717, 1.165) is 61.7 Å². The fraction of sp³-hybridized carbons (Fsp3) is 0.538. The zero-order valence-electron chi connectivity index (χ0n) is 21.6. The van der Waals surface area contributed by atoms with E-state index >= 15 is 0 Å². The Bertz CT molecular complexity index is 1380. The molecule has 4 N–H and O–H groups in total. The van der Waals surface area contributed by atoms with Gasteiger partial charge in [-0.1, -0.05) is 25.5 Å². The van der Waals surface area contributed by atoms with Gasteiger partial charge in [-0.3, -0.25) is 4.79 Å². The van der Waals surface area contributed by atoms with Crippen LogP contribution in [0.25, 0.3) is 22.3 Å². The largest absolute Gasteiger partial charge is 0.393 e. The van der Waals surface area contributed by atoms with E-state index in [1.807, 2.05) is 4.68 Å². The van der Waals surface area contributed by atoms with Crippen LogP contribution < -0.4 is 15.4 Å². The van der Waals surface area contributed by atoms with Crippen molar-refractivity contribution in [2.75, 3.05) is 18.4 Å². The number of anilines is 1. The summed E-state index contributed by atoms with van der Waals surface area (Å²) in [7, 11) is -3.84. The molecule has 2 heterocycles. The first-order chi connectivity index (χ1) is 18.3. The van der Waals surface area contributed by atoms with Gasteiger partial charge in [-0.05, 0) is 57.1 Å². The number of unbranched alkanes of at least 4 members (excludes halogenated alkanes) is 1. The van der Waals surface area contributed by atoms with E-state index in [4.69, 9.17) is 10.1 Å². The summed E-state index contributed by atoms with van der Waals surface area (Å²) >= 11 is 0. The number of amides is 1. The number of rotatable bonds is 11. The molecule has 0 saturated heterocycles. The van der Waals surface area contributed by atoms with Gasteiger partial charge in [0.05, 0.1) is 29.0 Å². The van der Waals surface area contributed by atoms with Crippen molar-refractivity contribution in [3.05, 3.63) is 30.5 Å². The minimum atomic E-state index is -3.84. The third-order valence-electron chi connectivity index (χ3n) is 7.08. The zero-order chi connectivity index (χ0) is 26.7. The summed E-state index contributed by atoms with van der Waals surface area (Å²) in [5, 5.41) is 21.7. The highest BCUT2D eigenvalue weighted by Gasteiger charge is 2.26. The Labute approximate surface area is 222 Å². The number of carbonyl (C=O) groups is 1. The van der Waals surface area contributed by atoms with Gasteiger partial charge in [0, 0.05) is 24.3 Å². The number of fused-ring (bicyclic) bond motifs is 1. The van der Waals surface area contributed by atoms with Crippen molar-refractivity contribution in [2.45, 2.75) is 81.4 Å². The van der Waals surface area contributed by atoms with Gasteiger partial charge in [-0.25, -0.2) is 22.8 Å². The van der Waals surface area contributed by atoms with Crippen LogP contribution in [0.3, 0.4) is 0 Å². The number of sulfonamides is 1. The minimum Gasteiger partial charge on any atom is -0.393 e. The lowest BCUT2D eigenvalue weighted by Gasteiger charge is -2.25. The number of hydrogen-bond donors (Lipinski definition) is 4. The van der Waals surface area contributed by atoms with E-state index in [9.17, 15) is 18.3 Å². The van der Waals surface area contributed by atoms with Crippen molar-refractivity contribution < 1.29 is 18.3 Å². The Kier molecular flexibility index (Phi) is 7.91. The van der Waals surface area contributed by atoms with E-state index in [1.165, 1.54) is 12.1 Å². The van der Waals surface area contributed by atoms with Crippen molar-refractivity contribution in [3.8, 4) is 11.3 Å². The summed E-state index contributed by atoms with van der Waals surface area (Å²) in [6.45, 7) is 2.62. The smallest absolute Gasteiger partial charge is 0.241 e. The first-order valence-electron chi connectivity index (χ1n) is 13.4. The van der Waals surface area contributed by atoms with Crippen LogP contribution in [-0.4, -0.2) is 64.4 Å². The molecule has 2 aromatic heterocycles. The monoisotopic (exact) mass is 541 g/mol. The van der Waals surface area contributed by atoms with Gasteiger partial charge in [-0.15, -0.1) is 0 Å².